The highest BCUT2D eigenvalue weighted by Crippen LogP contribution is 2.30. The Morgan fingerprint density at radius 1 is 1.28 bits per heavy atom. The first-order chi connectivity index (χ1) is 17.3. The molecule has 0 bridgehead atoms. The number of nitrogens with one attached hydrogen (secondary N) is 1. The number of anilines is 2. The van der Waals surface area contributed by atoms with Crippen molar-refractivity contribution in [3.63, 3.8) is 0 Å². The van der Waals surface area contributed by atoms with Crippen LogP contribution in [0.3, 0.4) is 0 Å². The second-order valence-electron chi connectivity index (χ2n) is 8.13. The molecular formula is C28H40BN5O2. The molecule has 0 spiro atoms. The Hall–Kier alpha value is -3.86. The van der Waals surface area contributed by atoms with E-state index in [1.165, 1.54) is 6.21 Å². The van der Waals surface area contributed by atoms with Crippen molar-refractivity contribution in [2.75, 3.05) is 11.1 Å². The minimum Gasteiger partial charge on any atom is -0.398 e. The van der Waals surface area contributed by atoms with Crippen molar-refractivity contribution in [2.24, 2.45) is 16.9 Å². The van der Waals surface area contributed by atoms with Gasteiger partial charge in [-0.25, -0.2) is 5.26 Å². The van der Waals surface area contributed by atoms with Gasteiger partial charge in [0.05, 0.1) is 6.21 Å². The van der Waals surface area contributed by atoms with Gasteiger partial charge in [0.15, 0.2) is 6.29 Å². The second kappa shape index (κ2) is 18.5. The maximum absolute atomic E-state index is 12.5. The molecule has 0 aromatic heterocycles. The average Bonchev–Trinajstić information content (AvgIpc) is 2.89. The quantitative estimate of drug-likeness (QED) is 0.0776. The number of benzene rings is 1. The lowest BCUT2D eigenvalue weighted by molar-refractivity contribution is -0.117. The summed E-state index contributed by atoms with van der Waals surface area (Å²) in [7, 11) is 0. The molecule has 1 aromatic carbocycles. The zero-order valence-corrected chi connectivity index (χ0v) is 22.1. The molecule has 1 amide bonds. The number of allylic oxidation sites excluding steroid dienone is 6. The smallest absolute Gasteiger partial charge is 0.267 e. The molecule has 0 atom stereocenters. The van der Waals surface area contributed by atoms with Gasteiger partial charge in [-0.05, 0) is 31.9 Å². The van der Waals surface area contributed by atoms with Crippen molar-refractivity contribution < 1.29 is 9.59 Å². The Morgan fingerprint density at radius 2 is 1.89 bits per heavy atom. The third-order valence-electron chi connectivity index (χ3n) is 5.62. The Bertz CT molecular complexity index is 1010. The van der Waals surface area contributed by atoms with Gasteiger partial charge in [0.25, 0.3) is 6.71 Å². The monoisotopic (exact) mass is 489 g/mol. The first-order valence-corrected chi connectivity index (χ1v) is 12.2. The van der Waals surface area contributed by atoms with Crippen molar-refractivity contribution in [1.82, 2.24) is 0 Å². The van der Waals surface area contributed by atoms with Gasteiger partial charge in [0.1, 0.15) is 0 Å². The zero-order valence-electron chi connectivity index (χ0n) is 22.1. The number of carbonyl (C=O) groups excluding carboxylic acids is 2. The van der Waals surface area contributed by atoms with Crippen LogP contribution in [0.2, 0.25) is 12.6 Å². The molecule has 1 heterocycles. The van der Waals surface area contributed by atoms with E-state index in [0.717, 1.165) is 31.1 Å². The summed E-state index contributed by atoms with van der Waals surface area (Å²) in [6.07, 6.45) is 13.0. The van der Waals surface area contributed by atoms with Crippen LogP contribution < -0.4 is 16.9 Å². The van der Waals surface area contributed by atoms with E-state index in [-0.39, 0.29) is 18.5 Å². The summed E-state index contributed by atoms with van der Waals surface area (Å²) in [5.74, 6) is 7.79. The molecule has 8 heteroatoms. The standard InChI is InChI=1S/C22H28BN5O2.C4H6.C2H6/c1-3-15(2)8-17(12-27-26)22-18(13-29)10-19(11-20(22)25)28-21(30)9-16-4-6-23(14-24)7-5-16;1-3-4-2;1-2/h3,8,10-13,16H,4-7,9,25-26H2,1-2H3,(H,28,30);3-4H,1-2H2;1-2H3/b15-3+,17-8+,27-12-;;. The molecule has 1 aliphatic heterocycles. The normalized spacial score (nSPS) is 13.9. The van der Waals surface area contributed by atoms with Gasteiger partial charge in [0, 0.05) is 40.5 Å². The largest absolute Gasteiger partial charge is 0.398 e. The number of nitrogen functional groups attached to an aromatic ring is 1. The fraction of sp³-hybridized carbons (Fsp3) is 0.357. The highest BCUT2D eigenvalue weighted by molar-refractivity contribution is 6.67. The third kappa shape index (κ3) is 11.0. The molecule has 2 rings (SSSR count). The summed E-state index contributed by atoms with van der Waals surface area (Å²) in [6, 6.07) is 3.24. The van der Waals surface area contributed by atoms with E-state index >= 15 is 0 Å². The molecule has 1 aromatic rings. The van der Waals surface area contributed by atoms with E-state index in [1.807, 2.05) is 39.8 Å². The lowest BCUT2D eigenvalue weighted by Crippen LogP contribution is -2.24. The van der Waals surface area contributed by atoms with Crippen LogP contribution in [0.4, 0.5) is 11.4 Å². The predicted octanol–water partition coefficient (Wildman–Crippen LogP) is 6.06. The highest BCUT2D eigenvalue weighted by Gasteiger charge is 2.25. The van der Waals surface area contributed by atoms with E-state index in [0.29, 0.717) is 40.8 Å². The maximum Gasteiger partial charge on any atom is 0.267 e. The van der Waals surface area contributed by atoms with Gasteiger partial charge in [0.2, 0.25) is 5.91 Å². The Kier molecular flexibility index (Phi) is 16.5. The summed E-state index contributed by atoms with van der Waals surface area (Å²) < 4.78 is 0. The molecule has 0 aliphatic carbocycles. The van der Waals surface area contributed by atoms with Gasteiger partial charge >= 0.3 is 0 Å². The Labute approximate surface area is 216 Å². The molecule has 1 aliphatic rings. The van der Waals surface area contributed by atoms with Crippen LogP contribution in [-0.4, -0.2) is 25.1 Å². The minimum absolute atomic E-state index is 0.109. The van der Waals surface area contributed by atoms with Gasteiger partial charge in [-0.3, -0.25) is 9.59 Å². The maximum atomic E-state index is 12.5. The minimum atomic E-state index is -0.122. The predicted molar refractivity (Wildman–Crippen MR) is 155 cm³/mol. The van der Waals surface area contributed by atoms with Gasteiger partial charge in [-0.2, -0.15) is 5.10 Å². The number of amides is 1. The van der Waals surface area contributed by atoms with Crippen LogP contribution in [0.25, 0.3) is 5.57 Å². The SMILES string of the molecule is C/C=C(C)/C=C(\C=N/N)c1c(N)cc(NC(=O)CC2CCB(C#N)CC2)cc1C=O.C=CC=C.CC. The number of nitriles is 1. The average molecular weight is 489 g/mol. The number of carbonyl (C=O) groups is 2. The lowest BCUT2D eigenvalue weighted by Gasteiger charge is -2.22. The van der Waals surface area contributed by atoms with Crippen LogP contribution >= 0.6 is 0 Å². The van der Waals surface area contributed by atoms with Gasteiger partial charge < -0.3 is 16.9 Å². The van der Waals surface area contributed by atoms with E-state index in [4.69, 9.17) is 16.8 Å². The van der Waals surface area contributed by atoms with Crippen molar-refractivity contribution in [3.05, 3.63) is 66.3 Å². The number of hydrogen-bond acceptors (Lipinski definition) is 6. The molecule has 7 nitrogen and oxygen atoms in total. The van der Waals surface area contributed by atoms with Gasteiger partial charge in [-0.15, -0.1) is 0 Å². The van der Waals surface area contributed by atoms with Crippen LogP contribution in [-0.2, 0) is 4.79 Å². The van der Waals surface area contributed by atoms with Crippen LogP contribution in [0.5, 0.6) is 0 Å². The summed E-state index contributed by atoms with van der Waals surface area (Å²) in [6.45, 7) is 14.6. The van der Waals surface area contributed by atoms with Crippen LogP contribution in [0.1, 0.15) is 62.9 Å². The lowest BCUT2D eigenvalue weighted by atomic mass is 9.41. The van der Waals surface area contributed by atoms with Crippen molar-refractivity contribution in [2.45, 2.75) is 59.6 Å². The summed E-state index contributed by atoms with van der Waals surface area (Å²) >= 11 is 0. The number of hydrazone groups is 1. The highest BCUT2D eigenvalue weighted by atomic mass is 16.1. The summed E-state index contributed by atoms with van der Waals surface area (Å²) in [5, 5.41) is 15.4. The van der Waals surface area contributed by atoms with E-state index in [9.17, 15) is 9.59 Å². The van der Waals surface area contributed by atoms with Crippen molar-refractivity contribution >= 4 is 42.1 Å². The summed E-state index contributed by atoms with van der Waals surface area (Å²) in [4.78, 5) is 24.2. The molecule has 1 saturated heterocycles. The molecule has 192 valence electrons. The number of nitrogens with two attached hydrogens (primary N) is 2. The van der Waals surface area contributed by atoms with Crippen molar-refractivity contribution in [3.8, 4) is 5.97 Å². The fourth-order valence-electron chi connectivity index (χ4n) is 3.74. The number of rotatable bonds is 8. The number of hydrogen-bond donors (Lipinski definition) is 3. The fourth-order valence-corrected chi connectivity index (χ4v) is 3.74. The number of nitrogens with zero attached hydrogens (tertiary/aromatic N) is 2. The molecular weight excluding hydrogens is 449 g/mol. The third-order valence-corrected chi connectivity index (χ3v) is 5.62. The number of aldehydes is 1. The Morgan fingerprint density at radius 3 is 2.36 bits per heavy atom. The zero-order chi connectivity index (χ0) is 27.5. The topological polar surface area (TPSA) is 134 Å². The van der Waals surface area contributed by atoms with E-state index in [2.05, 4.69) is 29.5 Å². The molecule has 5 N–H and O–H groups in total. The molecule has 0 saturated carbocycles. The first-order valence-electron chi connectivity index (χ1n) is 12.2. The van der Waals surface area contributed by atoms with Gasteiger partial charge in [-0.1, -0.05) is 82.4 Å². The first kappa shape index (κ1) is 32.1. The van der Waals surface area contributed by atoms with E-state index < -0.39 is 0 Å². The molecule has 36 heavy (non-hydrogen) atoms. The van der Waals surface area contributed by atoms with E-state index in [1.54, 1.807) is 24.3 Å². The van der Waals surface area contributed by atoms with Crippen LogP contribution in [0, 0.1) is 17.1 Å². The van der Waals surface area contributed by atoms with Crippen LogP contribution in [0.15, 0.2) is 60.3 Å². The Balaban J connectivity index is 0.00000185. The van der Waals surface area contributed by atoms with Crippen molar-refractivity contribution in [1.29, 1.82) is 5.26 Å². The summed E-state index contributed by atoms with van der Waals surface area (Å²) in [5.41, 5.74) is 9.49. The molecule has 0 unspecified atom stereocenters. The molecule has 0 radical (unpaired) electrons. The molecule has 1 fully saturated rings. The second-order valence-corrected chi connectivity index (χ2v) is 8.13.